The van der Waals surface area contributed by atoms with Crippen molar-refractivity contribution in [3.63, 3.8) is 0 Å². The second kappa shape index (κ2) is 25.8. The van der Waals surface area contributed by atoms with Crippen molar-refractivity contribution in [1.82, 2.24) is 0 Å². The normalized spacial score (nSPS) is 11.3. The molecule has 0 N–H and O–H groups in total. The van der Waals surface area contributed by atoms with Gasteiger partial charge in [0.25, 0.3) is 0 Å². The van der Waals surface area contributed by atoms with Gasteiger partial charge in [-0.2, -0.15) is 95.8 Å². The minimum atomic E-state index is 0.732. The first-order valence-corrected chi connectivity index (χ1v) is 21.5. The van der Waals surface area contributed by atoms with Crippen LogP contribution in [0.5, 0.6) is 11.5 Å². The van der Waals surface area contributed by atoms with Gasteiger partial charge >= 0.3 is 0 Å². The number of thiol groups is 2. The Balaban J connectivity index is 1.60. The molecule has 0 aromatic heterocycles. The van der Waals surface area contributed by atoms with E-state index in [0.717, 1.165) is 72.1 Å². The fraction of sp³-hybridized carbons (Fsp3) is 0.643. The zero-order valence-electron chi connectivity index (χ0n) is 22.4. The maximum Gasteiger partial charge on any atom is 0.161 e. The first-order valence-electron chi connectivity index (χ1n) is 13.3. The van der Waals surface area contributed by atoms with Gasteiger partial charge in [0, 0.05) is 57.5 Å². The van der Waals surface area contributed by atoms with Gasteiger partial charge in [-0.3, -0.25) is 0 Å². The van der Waals surface area contributed by atoms with Crippen molar-refractivity contribution in [2.24, 2.45) is 0 Å². The van der Waals surface area contributed by atoms with E-state index in [-0.39, 0.29) is 0 Å². The third-order valence-electron chi connectivity index (χ3n) is 5.15. The van der Waals surface area contributed by atoms with Crippen molar-refractivity contribution in [3.8, 4) is 11.5 Å². The molecule has 0 aliphatic rings. The Kier molecular flexibility index (Phi) is 23.9. The van der Waals surface area contributed by atoms with Crippen LogP contribution < -0.4 is 9.47 Å². The van der Waals surface area contributed by atoms with Gasteiger partial charge in [-0.1, -0.05) is 24.3 Å². The molecule has 2 nitrogen and oxygen atoms in total. The van der Waals surface area contributed by atoms with Crippen molar-refractivity contribution >= 4 is 107 Å². The van der Waals surface area contributed by atoms with Crippen LogP contribution in [0, 0.1) is 0 Å². The molecule has 0 radical (unpaired) electrons. The topological polar surface area (TPSA) is 18.5 Å². The minimum Gasteiger partial charge on any atom is -0.490 e. The quantitative estimate of drug-likeness (QED) is 0.0757. The average molecular weight is 669 g/mol. The number of thioether (sulfide) groups is 6. The van der Waals surface area contributed by atoms with E-state index in [1.807, 2.05) is 47.0 Å². The van der Waals surface area contributed by atoms with Crippen LogP contribution in [0.2, 0.25) is 0 Å². The van der Waals surface area contributed by atoms with Crippen LogP contribution in [-0.4, -0.2) is 93.8 Å². The Labute approximate surface area is 268 Å². The SMILES string of the molecule is SCCSCCSCCSCCCOc1cc2ccccc2cc1OCCCSCCSCCSCCS. The highest BCUT2D eigenvalue weighted by molar-refractivity contribution is 8.05. The smallest absolute Gasteiger partial charge is 0.161 e. The molecule has 0 saturated carbocycles. The molecule has 0 heterocycles. The number of ether oxygens (including phenoxy) is 2. The molecule has 2 rings (SSSR count). The maximum absolute atomic E-state index is 6.22. The van der Waals surface area contributed by atoms with Gasteiger partial charge in [0.2, 0.25) is 0 Å². The molecular formula is C28H44O2S8. The zero-order chi connectivity index (χ0) is 26.9. The second-order valence-electron chi connectivity index (χ2n) is 8.17. The lowest BCUT2D eigenvalue weighted by Crippen LogP contribution is -2.04. The number of benzene rings is 2. The zero-order valence-corrected chi connectivity index (χ0v) is 29.0. The first-order chi connectivity index (χ1) is 18.8. The Morgan fingerprint density at radius 2 is 0.816 bits per heavy atom. The van der Waals surface area contributed by atoms with Crippen LogP contribution in [0.4, 0.5) is 0 Å². The van der Waals surface area contributed by atoms with Gasteiger partial charge in [0.1, 0.15) is 0 Å². The molecule has 2 aromatic rings. The third kappa shape index (κ3) is 17.8. The summed E-state index contributed by atoms with van der Waals surface area (Å²) in [7, 11) is 0. The lowest BCUT2D eigenvalue weighted by atomic mass is 10.1. The molecule has 216 valence electrons. The fourth-order valence-corrected chi connectivity index (χ4v) is 10.00. The van der Waals surface area contributed by atoms with Gasteiger partial charge in [0.05, 0.1) is 13.2 Å². The fourth-order valence-electron chi connectivity index (χ4n) is 3.32. The van der Waals surface area contributed by atoms with Crippen molar-refractivity contribution in [3.05, 3.63) is 36.4 Å². The molecule has 0 aliphatic heterocycles. The monoisotopic (exact) mass is 668 g/mol. The molecule has 0 atom stereocenters. The predicted molar refractivity (Wildman–Crippen MR) is 196 cm³/mol. The third-order valence-corrected chi connectivity index (χ3v) is 13.3. The van der Waals surface area contributed by atoms with Crippen LogP contribution in [0.1, 0.15) is 12.8 Å². The molecular weight excluding hydrogens is 625 g/mol. The predicted octanol–water partition coefficient (Wildman–Crippen LogP) is 8.64. The molecule has 2 aromatic carbocycles. The highest BCUT2D eigenvalue weighted by Crippen LogP contribution is 2.33. The number of hydrogen-bond acceptors (Lipinski definition) is 10. The van der Waals surface area contributed by atoms with Gasteiger partial charge in [-0.05, 0) is 58.8 Å². The first kappa shape index (κ1) is 35.3. The number of rotatable bonds is 26. The van der Waals surface area contributed by atoms with E-state index in [9.17, 15) is 0 Å². The van der Waals surface area contributed by atoms with Crippen LogP contribution in [0.3, 0.4) is 0 Å². The summed E-state index contributed by atoms with van der Waals surface area (Å²) in [5, 5.41) is 2.40. The van der Waals surface area contributed by atoms with Crippen molar-refractivity contribution in [2.75, 3.05) is 93.8 Å². The molecule has 0 fully saturated rings. The summed E-state index contributed by atoms with van der Waals surface area (Å²) in [5.74, 6) is 18.2. The van der Waals surface area contributed by atoms with E-state index in [4.69, 9.17) is 9.47 Å². The number of fused-ring (bicyclic) bond motifs is 1. The molecule has 0 saturated heterocycles. The highest BCUT2D eigenvalue weighted by atomic mass is 32.2. The Bertz CT molecular complexity index is 760. The van der Waals surface area contributed by atoms with Crippen LogP contribution in [0.25, 0.3) is 10.8 Å². The summed E-state index contributed by atoms with van der Waals surface area (Å²) in [6.45, 7) is 1.46. The summed E-state index contributed by atoms with van der Waals surface area (Å²) in [6, 6.07) is 12.7. The Morgan fingerprint density at radius 1 is 0.474 bits per heavy atom. The van der Waals surface area contributed by atoms with E-state index in [1.54, 1.807) is 0 Å². The molecule has 0 amide bonds. The maximum atomic E-state index is 6.22. The summed E-state index contributed by atoms with van der Waals surface area (Å²) in [5.41, 5.74) is 0. The standard InChI is InChI=1S/C28H44O2S8/c31-9-13-35-17-21-37-19-15-33-11-3-7-29-27-23-25-5-1-2-6-26(25)24-28(27)30-8-4-12-34-16-20-38-22-18-36-14-10-32/h1-2,5-6,23-24,31-32H,3-4,7-22H2. The summed E-state index contributed by atoms with van der Waals surface area (Å²) in [4.78, 5) is 0. The Morgan fingerprint density at radius 3 is 1.18 bits per heavy atom. The van der Waals surface area contributed by atoms with Gasteiger partial charge in [-0.15, -0.1) is 0 Å². The van der Waals surface area contributed by atoms with Gasteiger partial charge < -0.3 is 9.47 Å². The van der Waals surface area contributed by atoms with Gasteiger partial charge in [-0.25, -0.2) is 0 Å². The summed E-state index contributed by atoms with van der Waals surface area (Å²) >= 11 is 20.7. The molecule has 38 heavy (non-hydrogen) atoms. The Hall–Kier alpha value is 1.10. The van der Waals surface area contributed by atoms with E-state index >= 15 is 0 Å². The molecule has 0 unspecified atom stereocenters. The lowest BCUT2D eigenvalue weighted by Gasteiger charge is -2.14. The van der Waals surface area contributed by atoms with E-state index in [0.29, 0.717) is 0 Å². The highest BCUT2D eigenvalue weighted by Gasteiger charge is 2.08. The van der Waals surface area contributed by atoms with E-state index in [1.165, 1.54) is 56.8 Å². The largest absolute Gasteiger partial charge is 0.490 e. The van der Waals surface area contributed by atoms with E-state index in [2.05, 4.69) is 85.2 Å². The van der Waals surface area contributed by atoms with Crippen molar-refractivity contribution in [1.29, 1.82) is 0 Å². The summed E-state index contributed by atoms with van der Waals surface area (Å²) < 4.78 is 12.4. The summed E-state index contributed by atoms with van der Waals surface area (Å²) in [6.07, 6.45) is 2.11. The van der Waals surface area contributed by atoms with Crippen molar-refractivity contribution < 1.29 is 9.47 Å². The van der Waals surface area contributed by atoms with E-state index < -0.39 is 0 Å². The molecule has 0 bridgehead atoms. The molecule has 0 aliphatic carbocycles. The molecule has 0 spiro atoms. The van der Waals surface area contributed by atoms with Gasteiger partial charge in [0.15, 0.2) is 11.5 Å². The second-order valence-corrected chi connectivity index (χ2v) is 16.4. The lowest BCUT2D eigenvalue weighted by molar-refractivity contribution is 0.270. The number of hydrogen-bond donors (Lipinski definition) is 2. The average Bonchev–Trinajstić information content (AvgIpc) is 2.94. The minimum absolute atomic E-state index is 0.732. The van der Waals surface area contributed by atoms with Crippen LogP contribution in [0.15, 0.2) is 36.4 Å². The van der Waals surface area contributed by atoms with Crippen LogP contribution >= 0.6 is 95.8 Å². The molecule has 10 heteroatoms. The van der Waals surface area contributed by atoms with Crippen LogP contribution in [-0.2, 0) is 0 Å². The van der Waals surface area contributed by atoms with Crippen molar-refractivity contribution in [2.45, 2.75) is 12.8 Å².